The third-order valence-electron chi connectivity index (χ3n) is 3.46. The molecular formula is C17H17N3. The number of hydrogen-bond donors (Lipinski definition) is 1. The second kappa shape index (κ2) is 5.70. The molecule has 0 saturated heterocycles. The first kappa shape index (κ1) is 12.6. The van der Waals surface area contributed by atoms with Gasteiger partial charge < -0.3 is 5.32 Å². The Bertz CT molecular complexity index is 700. The van der Waals surface area contributed by atoms with Gasteiger partial charge >= 0.3 is 0 Å². The first-order valence-electron chi connectivity index (χ1n) is 6.89. The summed E-state index contributed by atoms with van der Waals surface area (Å²) in [4.78, 5) is 0. The summed E-state index contributed by atoms with van der Waals surface area (Å²) in [6, 6.07) is 16.7. The Balaban J connectivity index is 1.79. The number of nitrogens with zero attached hydrogens (tertiary/aromatic N) is 2. The maximum atomic E-state index is 4.13. The lowest BCUT2D eigenvalue weighted by Gasteiger charge is -2.09. The van der Waals surface area contributed by atoms with Crippen molar-refractivity contribution >= 4 is 16.6 Å². The average molecular weight is 263 g/mol. The van der Waals surface area contributed by atoms with E-state index in [2.05, 4.69) is 52.8 Å². The molecule has 0 spiro atoms. The van der Waals surface area contributed by atoms with Crippen LogP contribution in [0.4, 0.5) is 5.69 Å². The van der Waals surface area contributed by atoms with Crippen LogP contribution in [0.3, 0.4) is 0 Å². The number of fused-ring (bicyclic) bond motifs is 1. The second-order valence-electron chi connectivity index (χ2n) is 4.80. The van der Waals surface area contributed by atoms with Crippen molar-refractivity contribution in [3.63, 3.8) is 0 Å². The van der Waals surface area contributed by atoms with Crippen LogP contribution in [0.15, 0.2) is 54.7 Å². The predicted molar refractivity (Wildman–Crippen MR) is 82.7 cm³/mol. The SMILES string of the molecule is CCc1ccc(CNc2cnnc3ccccc23)cc1. The van der Waals surface area contributed by atoms with Crippen LogP contribution in [0.5, 0.6) is 0 Å². The van der Waals surface area contributed by atoms with Crippen molar-refractivity contribution in [1.82, 2.24) is 10.2 Å². The van der Waals surface area contributed by atoms with E-state index in [4.69, 9.17) is 0 Å². The number of nitrogens with one attached hydrogen (secondary N) is 1. The van der Waals surface area contributed by atoms with Crippen molar-refractivity contribution in [1.29, 1.82) is 0 Å². The third-order valence-corrected chi connectivity index (χ3v) is 3.46. The highest BCUT2D eigenvalue weighted by Gasteiger charge is 2.02. The first-order valence-corrected chi connectivity index (χ1v) is 6.89. The van der Waals surface area contributed by atoms with Crippen LogP contribution in [0.1, 0.15) is 18.1 Å². The fraction of sp³-hybridized carbons (Fsp3) is 0.176. The molecule has 3 rings (SSSR count). The lowest BCUT2D eigenvalue weighted by atomic mass is 10.1. The van der Waals surface area contributed by atoms with Crippen molar-refractivity contribution in [2.45, 2.75) is 19.9 Å². The highest BCUT2D eigenvalue weighted by molar-refractivity contribution is 5.90. The van der Waals surface area contributed by atoms with Gasteiger partial charge in [-0.1, -0.05) is 49.4 Å². The number of rotatable bonds is 4. The molecule has 0 fully saturated rings. The Hall–Kier alpha value is -2.42. The maximum Gasteiger partial charge on any atom is 0.0950 e. The van der Waals surface area contributed by atoms with Crippen molar-refractivity contribution < 1.29 is 0 Å². The number of aryl methyl sites for hydroxylation is 1. The molecule has 100 valence electrons. The molecule has 20 heavy (non-hydrogen) atoms. The topological polar surface area (TPSA) is 37.8 Å². The minimum absolute atomic E-state index is 0.791. The molecule has 0 aliphatic carbocycles. The normalized spacial score (nSPS) is 10.7. The third kappa shape index (κ3) is 2.62. The van der Waals surface area contributed by atoms with Gasteiger partial charge in [0.25, 0.3) is 0 Å². The summed E-state index contributed by atoms with van der Waals surface area (Å²) in [6.45, 7) is 2.96. The lowest BCUT2D eigenvalue weighted by Crippen LogP contribution is -2.01. The van der Waals surface area contributed by atoms with E-state index in [1.807, 2.05) is 18.2 Å². The van der Waals surface area contributed by atoms with Crippen LogP contribution in [0.25, 0.3) is 10.9 Å². The van der Waals surface area contributed by atoms with Crippen molar-refractivity contribution in [2.75, 3.05) is 5.32 Å². The van der Waals surface area contributed by atoms with Gasteiger partial charge in [-0.3, -0.25) is 0 Å². The summed E-state index contributed by atoms with van der Waals surface area (Å²) in [5.41, 5.74) is 4.57. The van der Waals surface area contributed by atoms with Crippen LogP contribution in [0, 0.1) is 0 Å². The molecule has 0 bridgehead atoms. The molecule has 0 amide bonds. The lowest BCUT2D eigenvalue weighted by molar-refractivity contribution is 1.06. The molecule has 0 atom stereocenters. The molecule has 0 unspecified atom stereocenters. The number of anilines is 1. The molecule has 0 aliphatic rings. The number of hydrogen-bond acceptors (Lipinski definition) is 3. The zero-order valence-electron chi connectivity index (χ0n) is 11.5. The molecule has 2 aromatic carbocycles. The van der Waals surface area contributed by atoms with Gasteiger partial charge in [0.05, 0.1) is 17.4 Å². The number of aromatic nitrogens is 2. The second-order valence-corrected chi connectivity index (χ2v) is 4.80. The van der Waals surface area contributed by atoms with Crippen LogP contribution >= 0.6 is 0 Å². The Kier molecular flexibility index (Phi) is 3.59. The van der Waals surface area contributed by atoms with E-state index in [9.17, 15) is 0 Å². The minimum atomic E-state index is 0.791. The Morgan fingerprint density at radius 3 is 2.50 bits per heavy atom. The highest BCUT2D eigenvalue weighted by atomic mass is 15.1. The van der Waals surface area contributed by atoms with Crippen LogP contribution in [-0.2, 0) is 13.0 Å². The summed E-state index contributed by atoms with van der Waals surface area (Å²) in [5, 5.41) is 12.7. The van der Waals surface area contributed by atoms with Gasteiger partial charge in [-0.2, -0.15) is 10.2 Å². The fourth-order valence-corrected chi connectivity index (χ4v) is 2.24. The predicted octanol–water partition coefficient (Wildman–Crippen LogP) is 3.80. The largest absolute Gasteiger partial charge is 0.379 e. The van der Waals surface area contributed by atoms with E-state index in [1.165, 1.54) is 11.1 Å². The van der Waals surface area contributed by atoms with Crippen LogP contribution in [-0.4, -0.2) is 10.2 Å². The van der Waals surface area contributed by atoms with E-state index in [1.54, 1.807) is 6.20 Å². The smallest absolute Gasteiger partial charge is 0.0950 e. The van der Waals surface area contributed by atoms with Crippen LogP contribution < -0.4 is 5.32 Å². The van der Waals surface area contributed by atoms with E-state index in [0.717, 1.165) is 29.6 Å². The summed E-state index contributed by atoms with van der Waals surface area (Å²) >= 11 is 0. The zero-order chi connectivity index (χ0) is 13.8. The van der Waals surface area contributed by atoms with E-state index in [0.29, 0.717) is 0 Å². The van der Waals surface area contributed by atoms with Gasteiger partial charge in [-0.05, 0) is 23.6 Å². The molecule has 3 nitrogen and oxygen atoms in total. The monoisotopic (exact) mass is 263 g/mol. The summed E-state index contributed by atoms with van der Waals surface area (Å²) < 4.78 is 0. The summed E-state index contributed by atoms with van der Waals surface area (Å²) in [7, 11) is 0. The van der Waals surface area contributed by atoms with Crippen molar-refractivity contribution in [3.05, 3.63) is 65.9 Å². The Morgan fingerprint density at radius 2 is 1.70 bits per heavy atom. The van der Waals surface area contributed by atoms with Gasteiger partial charge in [0.1, 0.15) is 0 Å². The van der Waals surface area contributed by atoms with Crippen molar-refractivity contribution in [3.8, 4) is 0 Å². The quantitative estimate of drug-likeness (QED) is 0.778. The maximum absolute atomic E-state index is 4.13. The average Bonchev–Trinajstić information content (AvgIpc) is 2.53. The molecule has 0 aliphatic heterocycles. The molecule has 3 aromatic rings. The molecule has 1 aromatic heterocycles. The van der Waals surface area contributed by atoms with E-state index >= 15 is 0 Å². The van der Waals surface area contributed by atoms with Gasteiger partial charge in [0, 0.05) is 11.9 Å². The van der Waals surface area contributed by atoms with Gasteiger partial charge in [0.2, 0.25) is 0 Å². The summed E-state index contributed by atoms with van der Waals surface area (Å²) in [6.07, 6.45) is 2.86. The van der Waals surface area contributed by atoms with E-state index < -0.39 is 0 Å². The molecule has 1 N–H and O–H groups in total. The van der Waals surface area contributed by atoms with Crippen molar-refractivity contribution in [2.24, 2.45) is 0 Å². The first-order chi connectivity index (χ1) is 9.86. The molecule has 0 radical (unpaired) electrons. The van der Waals surface area contributed by atoms with Gasteiger partial charge in [-0.15, -0.1) is 0 Å². The molecular weight excluding hydrogens is 246 g/mol. The fourth-order valence-electron chi connectivity index (χ4n) is 2.24. The molecule has 1 heterocycles. The van der Waals surface area contributed by atoms with E-state index in [-0.39, 0.29) is 0 Å². The Labute approximate surface area is 118 Å². The Morgan fingerprint density at radius 1 is 0.950 bits per heavy atom. The zero-order valence-corrected chi connectivity index (χ0v) is 11.5. The molecule has 0 saturated carbocycles. The van der Waals surface area contributed by atoms with Crippen LogP contribution in [0.2, 0.25) is 0 Å². The highest BCUT2D eigenvalue weighted by Crippen LogP contribution is 2.20. The minimum Gasteiger partial charge on any atom is -0.379 e. The molecule has 3 heteroatoms. The summed E-state index contributed by atoms with van der Waals surface area (Å²) in [5.74, 6) is 0. The standard InChI is InChI=1S/C17H17N3/c1-2-13-7-9-14(10-8-13)11-18-17-12-19-20-16-6-4-3-5-15(16)17/h3-10,12H,2,11H2,1H3,(H,18,20). The van der Waals surface area contributed by atoms with Gasteiger partial charge in [0.15, 0.2) is 0 Å². The van der Waals surface area contributed by atoms with Gasteiger partial charge in [-0.25, -0.2) is 0 Å². The number of benzene rings is 2.